The second kappa shape index (κ2) is 25.0. The van der Waals surface area contributed by atoms with Gasteiger partial charge in [0.25, 0.3) is 0 Å². The van der Waals surface area contributed by atoms with E-state index in [2.05, 4.69) is 5.32 Å². The van der Waals surface area contributed by atoms with Crippen LogP contribution in [0.25, 0.3) is 0 Å². The minimum atomic E-state index is -3.60. The van der Waals surface area contributed by atoms with E-state index in [0.29, 0.717) is 43.6 Å². The van der Waals surface area contributed by atoms with Crippen molar-refractivity contribution in [3.8, 4) is 5.75 Å². The number of primary amides is 1. The molecule has 324 valence electrons. The second-order valence-electron chi connectivity index (χ2n) is 16.3. The highest BCUT2D eigenvalue weighted by atomic mass is 31.2. The fraction of sp³-hybridized carbons (Fsp3) is 0.636. The summed E-state index contributed by atoms with van der Waals surface area (Å²) in [5.74, 6) is -1.30. The number of carboxylic acid groups (broad SMARTS) is 1. The maximum absolute atomic E-state index is 14.2. The van der Waals surface area contributed by atoms with Crippen LogP contribution in [0, 0.1) is 17.8 Å². The third kappa shape index (κ3) is 17.6. The van der Waals surface area contributed by atoms with Crippen LogP contribution in [0.1, 0.15) is 104 Å². The number of aryl methyl sites for hydroxylation is 1. The molecule has 0 aromatic heterocycles. The largest absolute Gasteiger partial charge is 0.491 e. The van der Waals surface area contributed by atoms with Gasteiger partial charge in [-0.3, -0.25) is 23.5 Å². The van der Waals surface area contributed by atoms with E-state index in [-0.39, 0.29) is 49.5 Å². The number of aliphatic carboxylic acids is 1. The number of hydrogen-bond acceptors (Lipinski definition) is 10. The number of hydrogen-bond donors (Lipinski definition) is 4. The van der Waals surface area contributed by atoms with E-state index in [1.54, 1.807) is 31.2 Å². The molecule has 2 aliphatic rings. The molecular formula is C44H68N3O10P. The molecule has 2 fully saturated rings. The second-order valence-corrected chi connectivity index (χ2v) is 18.9. The predicted molar refractivity (Wildman–Crippen MR) is 225 cm³/mol. The van der Waals surface area contributed by atoms with Crippen molar-refractivity contribution < 1.29 is 48.0 Å². The van der Waals surface area contributed by atoms with Crippen LogP contribution >= 0.6 is 7.37 Å². The minimum absolute atomic E-state index is 0.149. The third-order valence-corrected chi connectivity index (χ3v) is 12.9. The van der Waals surface area contributed by atoms with Gasteiger partial charge in [0.15, 0.2) is 0 Å². The molecule has 1 aliphatic carbocycles. The van der Waals surface area contributed by atoms with Gasteiger partial charge in [0.2, 0.25) is 25.5 Å². The lowest BCUT2D eigenvalue weighted by Crippen LogP contribution is -2.42. The molecule has 13 nitrogen and oxygen atoms in total. The number of nitrogens with two attached hydrogens (primary N) is 1. The van der Waals surface area contributed by atoms with E-state index in [4.69, 9.17) is 19.7 Å². The summed E-state index contributed by atoms with van der Waals surface area (Å²) in [6.07, 6.45) is 6.80. The zero-order valence-corrected chi connectivity index (χ0v) is 36.1. The number of carbonyl (C=O) groups excluding carboxylic acids is 3. The number of benzene rings is 2. The molecule has 1 saturated carbocycles. The van der Waals surface area contributed by atoms with Gasteiger partial charge in [-0.25, -0.2) is 4.79 Å². The van der Waals surface area contributed by atoms with Gasteiger partial charge in [0.1, 0.15) is 30.7 Å². The van der Waals surface area contributed by atoms with Crippen LogP contribution in [0.5, 0.6) is 5.75 Å². The van der Waals surface area contributed by atoms with Crippen molar-refractivity contribution in [3.05, 3.63) is 65.7 Å². The zero-order valence-electron chi connectivity index (χ0n) is 35.2. The van der Waals surface area contributed by atoms with Crippen LogP contribution in [0.4, 0.5) is 0 Å². The quantitative estimate of drug-likeness (QED) is 0.0434. The number of ether oxygens (including phenoxy) is 2. The van der Waals surface area contributed by atoms with Crippen LogP contribution in [-0.2, 0) is 45.8 Å². The van der Waals surface area contributed by atoms with Gasteiger partial charge < -0.3 is 35.6 Å². The SMILES string of the molecule is CC(C)NCC(O)COc1ccc(CC(N)=O)cc1.CCC(=O)OC(O[P@](=O)(CCCCc1ccccc1)CC(=O)N1C[C@H](C2CCCCC2)C[C@H]1C(=O)O)C(C)C. The molecule has 14 heteroatoms. The fourth-order valence-corrected chi connectivity index (χ4v) is 9.63. The van der Waals surface area contributed by atoms with Gasteiger partial charge in [0, 0.05) is 37.6 Å². The van der Waals surface area contributed by atoms with Crippen molar-refractivity contribution in [2.24, 2.45) is 23.5 Å². The lowest BCUT2D eigenvalue weighted by molar-refractivity contribution is -0.169. The number of likely N-dealkylation sites (tertiary alicyclic amines) is 1. The molecule has 0 bridgehead atoms. The van der Waals surface area contributed by atoms with E-state index in [1.165, 1.54) is 16.9 Å². The highest BCUT2D eigenvalue weighted by Gasteiger charge is 2.44. The summed E-state index contributed by atoms with van der Waals surface area (Å²) in [5.41, 5.74) is 7.13. The molecule has 4 rings (SSSR count). The Balaban J connectivity index is 0.000000397. The van der Waals surface area contributed by atoms with Gasteiger partial charge in [-0.05, 0) is 60.8 Å². The van der Waals surface area contributed by atoms with Crippen LogP contribution in [0.2, 0.25) is 0 Å². The summed E-state index contributed by atoms with van der Waals surface area (Å²) in [4.78, 5) is 49.9. The standard InChI is InChI=1S/C30H46NO7P.C14H22N2O3/c1-4-28(33)37-30(22(2)3)38-39(36,18-12-11-15-23-13-7-5-8-14-23)21-27(32)31-20-25(19-26(31)29(34)35)24-16-9-6-10-17-24;1-10(2)16-8-12(17)9-19-13-5-3-11(4-6-13)7-14(15)18/h5,7-8,13-14,22,24-26,30H,4,6,9-12,15-21H2,1-3H3,(H,34,35);3-6,10,12,16-17H,7-9H2,1-2H3,(H2,15,18)/t25-,26+,30?,39-;/m1./s1. The predicted octanol–water partition coefficient (Wildman–Crippen LogP) is 6.57. The topological polar surface area (TPSA) is 195 Å². The summed E-state index contributed by atoms with van der Waals surface area (Å²) in [5, 5.41) is 22.7. The fourth-order valence-electron chi connectivity index (χ4n) is 7.33. The number of nitrogens with one attached hydrogen (secondary N) is 1. The Bertz CT molecular complexity index is 1600. The molecule has 2 unspecified atom stereocenters. The minimum Gasteiger partial charge on any atom is -0.491 e. The maximum atomic E-state index is 14.2. The number of carbonyl (C=O) groups is 4. The number of aliphatic hydroxyl groups is 1. The Morgan fingerprint density at radius 3 is 2.19 bits per heavy atom. The normalized spacial score (nSPS) is 19.1. The van der Waals surface area contributed by atoms with Crippen molar-refractivity contribution >= 4 is 31.1 Å². The Kier molecular flexibility index (Phi) is 20.9. The highest BCUT2D eigenvalue weighted by Crippen LogP contribution is 2.51. The van der Waals surface area contributed by atoms with E-state index < -0.39 is 43.7 Å². The number of aliphatic hydroxyl groups excluding tert-OH is 1. The number of carboxylic acids is 1. The van der Waals surface area contributed by atoms with E-state index >= 15 is 0 Å². The van der Waals surface area contributed by atoms with Crippen molar-refractivity contribution in [2.75, 3.05) is 32.0 Å². The first-order valence-corrected chi connectivity index (χ1v) is 23.0. The third-order valence-electron chi connectivity index (χ3n) is 10.6. The smallest absolute Gasteiger partial charge is 0.326 e. The van der Waals surface area contributed by atoms with Crippen molar-refractivity contribution in [2.45, 2.75) is 130 Å². The average molecular weight is 830 g/mol. The molecular weight excluding hydrogens is 761 g/mol. The molecule has 5 atom stereocenters. The molecule has 2 aromatic rings. The van der Waals surface area contributed by atoms with E-state index in [9.17, 15) is 34.0 Å². The monoisotopic (exact) mass is 829 g/mol. The van der Waals surface area contributed by atoms with Crippen molar-refractivity contribution in [1.29, 1.82) is 0 Å². The average Bonchev–Trinajstić information content (AvgIpc) is 3.66. The van der Waals surface area contributed by atoms with Gasteiger partial charge in [-0.2, -0.15) is 0 Å². The first kappa shape index (κ1) is 48.6. The number of nitrogens with zero attached hydrogens (tertiary/aromatic N) is 1. The molecule has 0 radical (unpaired) electrons. The van der Waals surface area contributed by atoms with Crippen LogP contribution in [0.3, 0.4) is 0 Å². The number of amides is 2. The van der Waals surface area contributed by atoms with E-state index in [1.807, 2.05) is 58.0 Å². The summed E-state index contributed by atoms with van der Waals surface area (Å²) >= 11 is 0. The zero-order chi connectivity index (χ0) is 42.7. The molecule has 1 heterocycles. The number of rotatable bonds is 22. The first-order valence-electron chi connectivity index (χ1n) is 21.0. The number of esters is 1. The van der Waals surface area contributed by atoms with E-state index in [0.717, 1.165) is 44.1 Å². The lowest BCUT2D eigenvalue weighted by Gasteiger charge is -2.30. The van der Waals surface area contributed by atoms with Crippen LogP contribution in [-0.4, -0.2) is 95.4 Å². The van der Waals surface area contributed by atoms with Gasteiger partial charge in [0.05, 0.1) is 6.42 Å². The molecule has 5 N–H and O–H groups in total. The Labute approximate surface area is 345 Å². The lowest BCUT2D eigenvalue weighted by atomic mass is 9.79. The first-order chi connectivity index (χ1) is 27.6. The summed E-state index contributed by atoms with van der Waals surface area (Å²) in [6.45, 7) is 10.4. The van der Waals surface area contributed by atoms with Crippen molar-refractivity contribution in [3.63, 3.8) is 0 Å². The van der Waals surface area contributed by atoms with Crippen LogP contribution < -0.4 is 15.8 Å². The maximum Gasteiger partial charge on any atom is 0.326 e. The number of unbranched alkanes of at least 4 members (excludes halogenated alkanes) is 1. The molecule has 2 aromatic carbocycles. The van der Waals surface area contributed by atoms with Crippen molar-refractivity contribution in [1.82, 2.24) is 10.2 Å². The van der Waals surface area contributed by atoms with Crippen LogP contribution in [0.15, 0.2) is 54.6 Å². The molecule has 1 aliphatic heterocycles. The molecule has 58 heavy (non-hydrogen) atoms. The Hall–Kier alpha value is -3.77. The molecule has 1 saturated heterocycles. The Morgan fingerprint density at radius 2 is 1.60 bits per heavy atom. The van der Waals surface area contributed by atoms with Gasteiger partial charge in [-0.15, -0.1) is 0 Å². The highest BCUT2D eigenvalue weighted by molar-refractivity contribution is 7.59. The summed E-state index contributed by atoms with van der Waals surface area (Å²) < 4.78 is 31.1. The Morgan fingerprint density at radius 1 is 0.931 bits per heavy atom. The summed E-state index contributed by atoms with van der Waals surface area (Å²) in [7, 11) is -3.60. The van der Waals surface area contributed by atoms with Gasteiger partial charge in [-0.1, -0.05) is 109 Å². The molecule has 0 spiro atoms. The molecule has 2 amide bonds. The summed E-state index contributed by atoms with van der Waals surface area (Å²) in [6, 6.07) is 16.5. The van der Waals surface area contributed by atoms with Gasteiger partial charge >= 0.3 is 11.9 Å².